The second-order valence-electron chi connectivity index (χ2n) is 2.66. The van der Waals surface area contributed by atoms with Crippen LogP contribution in [-0.2, 0) is 0 Å². The first-order valence-corrected chi connectivity index (χ1v) is 3.69. The Kier molecular flexibility index (Phi) is 2.60. The molecular formula is C8H11NO4. The molecule has 0 fully saturated rings. The molecule has 1 aromatic rings. The molecule has 0 bridgehead atoms. The lowest BCUT2D eigenvalue weighted by molar-refractivity contribution is 0.185. The normalized spacial score (nSPS) is 12.8. The first-order chi connectivity index (χ1) is 6.06. The van der Waals surface area contributed by atoms with Gasteiger partial charge in [0.25, 0.3) is 0 Å². The molecular weight excluding hydrogens is 174 g/mol. The van der Waals surface area contributed by atoms with Gasteiger partial charge in [-0.15, -0.1) is 0 Å². The van der Waals surface area contributed by atoms with Crippen LogP contribution in [0.15, 0.2) is 12.1 Å². The van der Waals surface area contributed by atoms with Gasteiger partial charge in [0.1, 0.15) is 0 Å². The maximum atomic E-state index is 9.24. The second-order valence-corrected chi connectivity index (χ2v) is 2.66. The van der Waals surface area contributed by atoms with E-state index in [0.717, 1.165) is 12.1 Å². The molecule has 0 spiro atoms. The molecule has 0 aliphatic rings. The molecule has 1 rings (SSSR count). The summed E-state index contributed by atoms with van der Waals surface area (Å²) in [6.45, 7) is -0.0242. The predicted octanol–water partition coefficient (Wildman–Crippen LogP) is -0.205. The summed E-state index contributed by atoms with van der Waals surface area (Å²) < 4.78 is 0. The molecule has 0 aliphatic heterocycles. The zero-order valence-corrected chi connectivity index (χ0v) is 6.81. The number of aromatic hydroxyl groups is 3. The number of rotatable bonds is 2. The van der Waals surface area contributed by atoms with E-state index in [-0.39, 0.29) is 12.1 Å². The number of aliphatic hydroxyl groups excluding tert-OH is 1. The number of phenols is 3. The number of aliphatic hydroxyl groups is 1. The highest BCUT2D eigenvalue weighted by atomic mass is 16.3. The standard InChI is InChI=1S/C8H11NO4/c9-3-7(12)4-1-5(10)8(13)6(11)2-4/h1-2,7,10-13H,3,9H2. The van der Waals surface area contributed by atoms with Crippen LogP contribution < -0.4 is 5.73 Å². The van der Waals surface area contributed by atoms with Crippen molar-refractivity contribution in [3.8, 4) is 17.2 Å². The maximum absolute atomic E-state index is 9.24. The molecule has 5 heteroatoms. The van der Waals surface area contributed by atoms with Crippen molar-refractivity contribution in [3.63, 3.8) is 0 Å². The number of nitrogens with two attached hydrogens (primary N) is 1. The highest BCUT2D eigenvalue weighted by molar-refractivity contribution is 5.51. The molecule has 72 valence electrons. The zero-order valence-electron chi connectivity index (χ0n) is 6.81. The Labute approximate surface area is 74.7 Å². The van der Waals surface area contributed by atoms with Gasteiger partial charge in [-0.2, -0.15) is 0 Å². The quantitative estimate of drug-likeness (QED) is 0.410. The van der Waals surface area contributed by atoms with Crippen LogP contribution in [-0.4, -0.2) is 27.0 Å². The van der Waals surface area contributed by atoms with E-state index >= 15 is 0 Å². The van der Waals surface area contributed by atoms with Crippen LogP contribution in [0.25, 0.3) is 0 Å². The first-order valence-electron chi connectivity index (χ1n) is 3.69. The predicted molar refractivity (Wildman–Crippen MR) is 45.5 cm³/mol. The van der Waals surface area contributed by atoms with Crippen molar-refractivity contribution >= 4 is 0 Å². The van der Waals surface area contributed by atoms with Gasteiger partial charge in [0, 0.05) is 6.54 Å². The molecule has 0 amide bonds. The SMILES string of the molecule is NCC(O)c1cc(O)c(O)c(O)c1. The van der Waals surface area contributed by atoms with Crippen LogP contribution in [0.4, 0.5) is 0 Å². The maximum Gasteiger partial charge on any atom is 0.200 e. The summed E-state index contributed by atoms with van der Waals surface area (Å²) >= 11 is 0. The fourth-order valence-electron chi connectivity index (χ4n) is 0.954. The highest BCUT2D eigenvalue weighted by Crippen LogP contribution is 2.36. The van der Waals surface area contributed by atoms with Crippen LogP contribution in [0.2, 0.25) is 0 Å². The van der Waals surface area contributed by atoms with Crippen molar-refractivity contribution in [1.29, 1.82) is 0 Å². The van der Waals surface area contributed by atoms with Crippen molar-refractivity contribution in [2.75, 3.05) is 6.54 Å². The summed E-state index contributed by atoms with van der Waals surface area (Å²) in [6.07, 6.45) is -0.961. The van der Waals surface area contributed by atoms with E-state index in [1.54, 1.807) is 0 Å². The fraction of sp³-hybridized carbons (Fsp3) is 0.250. The lowest BCUT2D eigenvalue weighted by atomic mass is 10.1. The Morgan fingerprint density at radius 3 is 2.00 bits per heavy atom. The summed E-state index contributed by atoms with van der Waals surface area (Å²) in [6, 6.07) is 2.29. The second kappa shape index (κ2) is 3.51. The third kappa shape index (κ3) is 1.82. The van der Waals surface area contributed by atoms with Gasteiger partial charge in [-0.3, -0.25) is 0 Å². The molecule has 5 nitrogen and oxygen atoms in total. The first kappa shape index (κ1) is 9.63. The van der Waals surface area contributed by atoms with Gasteiger partial charge in [0.2, 0.25) is 0 Å². The summed E-state index contributed by atoms with van der Waals surface area (Å²) in [5.74, 6) is -1.57. The number of benzene rings is 1. The van der Waals surface area contributed by atoms with Crippen molar-refractivity contribution in [2.45, 2.75) is 6.10 Å². The zero-order chi connectivity index (χ0) is 10.0. The van der Waals surface area contributed by atoms with E-state index in [9.17, 15) is 5.11 Å². The molecule has 1 atom stereocenters. The molecule has 1 unspecified atom stereocenters. The van der Waals surface area contributed by atoms with Crippen LogP contribution >= 0.6 is 0 Å². The van der Waals surface area contributed by atoms with Crippen LogP contribution in [0.5, 0.6) is 17.2 Å². The Hall–Kier alpha value is -1.46. The highest BCUT2D eigenvalue weighted by Gasteiger charge is 2.12. The topological polar surface area (TPSA) is 107 Å². The molecule has 0 heterocycles. The van der Waals surface area contributed by atoms with E-state index in [2.05, 4.69) is 0 Å². The smallest absolute Gasteiger partial charge is 0.200 e. The van der Waals surface area contributed by atoms with Gasteiger partial charge < -0.3 is 26.2 Å². The minimum absolute atomic E-state index is 0.0242. The van der Waals surface area contributed by atoms with Crippen LogP contribution in [0.1, 0.15) is 11.7 Å². The summed E-state index contributed by atoms with van der Waals surface area (Å²) in [5.41, 5.74) is 5.43. The van der Waals surface area contributed by atoms with Crippen molar-refractivity contribution in [1.82, 2.24) is 0 Å². The Balaban J connectivity index is 3.13. The summed E-state index contributed by atoms with van der Waals surface area (Å²) in [5, 5.41) is 36.3. The fourth-order valence-corrected chi connectivity index (χ4v) is 0.954. The summed E-state index contributed by atoms with van der Waals surface area (Å²) in [4.78, 5) is 0. The monoisotopic (exact) mass is 185 g/mol. The van der Waals surface area contributed by atoms with E-state index in [1.165, 1.54) is 0 Å². The summed E-state index contributed by atoms with van der Waals surface area (Å²) in [7, 11) is 0. The van der Waals surface area contributed by atoms with Gasteiger partial charge >= 0.3 is 0 Å². The lowest BCUT2D eigenvalue weighted by Crippen LogP contribution is -2.11. The Bertz CT molecular complexity index is 290. The van der Waals surface area contributed by atoms with Gasteiger partial charge in [-0.25, -0.2) is 0 Å². The molecule has 0 aliphatic carbocycles. The molecule has 0 radical (unpaired) electrons. The average Bonchev–Trinajstić information content (AvgIpc) is 2.12. The van der Waals surface area contributed by atoms with E-state index in [1.807, 2.05) is 0 Å². The van der Waals surface area contributed by atoms with Crippen molar-refractivity contribution in [3.05, 3.63) is 17.7 Å². The van der Waals surface area contributed by atoms with E-state index in [0.29, 0.717) is 0 Å². The van der Waals surface area contributed by atoms with Gasteiger partial charge in [-0.05, 0) is 17.7 Å². The minimum Gasteiger partial charge on any atom is -0.504 e. The van der Waals surface area contributed by atoms with Crippen LogP contribution in [0, 0.1) is 0 Å². The Morgan fingerprint density at radius 1 is 1.15 bits per heavy atom. The van der Waals surface area contributed by atoms with E-state index in [4.69, 9.17) is 21.1 Å². The molecule has 0 aromatic heterocycles. The molecule has 1 aromatic carbocycles. The van der Waals surface area contributed by atoms with Crippen molar-refractivity contribution < 1.29 is 20.4 Å². The molecule has 0 saturated heterocycles. The van der Waals surface area contributed by atoms with Gasteiger partial charge in [0.05, 0.1) is 6.10 Å². The Morgan fingerprint density at radius 2 is 1.62 bits per heavy atom. The molecule has 0 saturated carbocycles. The van der Waals surface area contributed by atoms with Crippen LogP contribution in [0.3, 0.4) is 0 Å². The van der Waals surface area contributed by atoms with Crippen molar-refractivity contribution in [2.24, 2.45) is 5.73 Å². The van der Waals surface area contributed by atoms with Gasteiger partial charge in [-0.1, -0.05) is 0 Å². The molecule has 13 heavy (non-hydrogen) atoms. The third-order valence-corrected chi connectivity index (χ3v) is 1.70. The third-order valence-electron chi connectivity index (χ3n) is 1.70. The average molecular weight is 185 g/mol. The minimum atomic E-state index is -0.961. The largest absolute Gasteiger partial charge is 0.504 e. The lowest BCUT2D eigenvalue weighted by Gasteiger charge is -2.09. The number of phenolic OH excluding ortho intramolecular Hbond substituents is 3. The van der Waals surface area contributed by atoms with Gasteiger partial charge in [0.15, 0.2) is 17.2 Å². The number of hydrogen-bond acceptors (Lipinski definition) is 5. The molecule has 6 N–H and O–H groups in total. The number of hydrogen-bond donors (Lipinski definition) is 5. The van der Waals surface area contributed by atoms with E-state index < -0.39 is 23.4 Å².